The molecular formula is C7H9N5O2. The van der Waals surface area contributed by atoms with Gasteiger partial charge in [0, 0.05) is 6.92 Å². The van der Waals surface area contributed by atoms with Crippen molar-refractivity contribution >= 4 is 11.7 Å². The van der Waals surface area contributed by atoms with Gasteiger partial charge in [-0.15, -0.1) is 10.2 Å². The molecule has 0 aliphatic carbocycles. The van der Waals surface area contributed by atoms with Gasteiger partial charge in [0.1, 0.15) is 12.1 Å². The lowest BCUT2D eigenvalue weighted by molar-refractivity contribution is -0.113. The molecule has 2 N–H and O–H groups in total. The first kappa shape index (κ1) is 10.0. The Morgan fingerprint density at radius 2 is 2.29 bits per heavy atom. The van der Waals surface area contributed by atoms with E-state index in [1.165, 1.54) is 20.2 Å². The van der Waals surface area contributed by atoms with Crippen LogP contribution in [0.15, 0.2) is 28.0 Å². The molecule has 74 valence electrons. The van der Waals surface area contributed by atoms with Crippen LogP contribution in [0.4, 0.5) is 5.95 Å². The van der Waals surface area contributed by atoms with Gasteiger partial charge in [-0.25, -0.2) is 5.10 Å². The lowest BCUT2D eigenvalue weighted by Gasteiger charge is -1.94. The second kappa shape index (κ2) is 4.26. The maximum Gasteiger partial charge on any atom is 0.264 e. The topological polar surface area (TPSA) is 104 Å². The summed E-state index contributed by atoms with van der Waals surface area (Å²) in [5.74, 6) is -0.376. The van der Waals surface area contributed by atoms with Gasteiger partial charge in [-0.3, -0.25) is 4.79 Å². The van der Waals surface area contributed by atoms with E-state index in [9.17, 15) is 4.79 Å². The van der Waals surface area contributed by atoms with E-state index in [1.807, 2.05) is 0 Å². The second-order valence-corrected chi connectivity index (χ2v) is 2.50. The maximum absolute atomic E-state index is 10.9. The van der Waals surface area contributed by atoms with Crippen LogP contribution in [0.2, 0.25) is 0 Å². The summed E-state index contributed by atoms with van der Waals surface area (Å²) >= 11 is 0. The molecule has 1 aromatic rings. The van der Waals surface area contributed by atoms with Gasteiger partial charge in [-0.1, -0.05) is 0 Å². The first-order valence-corrected chi connectivity index (χ1v) is 3.79. The zero-order chi connectivity index (χ0) is 10.6. The molecule has 0 atom stereocenters. The number of carbonyl (C=O) groups is 1. The Bertz CT molecular complexity index is 375. The number of aliphatic hydroxyl groups is 1. The van der Waals surface area contributed by atoms with Crippen LogP contribution in [0.1, 0.15) is 13.8 Å². The average Bonchev–Trinajstić information content (AvgIpc) is 2.55. The van der Waals surface area contributed by atoms with Gasteiger partial charge < -0.3 is 5.11 Å². The van der Waals surface area contributed by atoms with Crippen LogP contribution in [-0.4, -0.2) is 26.1 Å². The lowest BCUT2D eigenvalue weighted by atomic mass is 10.3. The van der Waals surface area contributed by atoms with Crippen molar-refractivity contribution in [1.82, 2.24) is 15.2 Å². The minimum Gasteiger partial charge on any atom is -0.510 e. The minimum atomic E-state index is -0.367. The SMILES string of the molecule is CC(=O)C(N=Nc1ncn[nH]1)=C(C)O. The number of nitrogens with one attached hydrogen (secondary N) is 1. The number of ketones is 1. The van der Waals surface area contributed by atoms with Gasteiger partial charge >= 0.3 is 0 Å². The number of aromatic amines is 1. The summed E-state index contributed by atoms with van der Waals surface area (Å²) in [6, 6.07) is 0. The highest BCUT2D eigenvalue weighted by Gasteiger charge is 2.06. The van der Waals surface area contributed by atoms with E-state index in [2.05, 4.69) is 25.4 Å². The Morgan fingerprint density at radius 3 is 2.71 bits per heavy atom. The number of carbonyl (C=O) groups excluding carboxylic acids is 1. The van der Waals surface area contributed by atoms with Crippen LogP contribution < -0.4 is 0 Å². The number of rotatable bonds is 3. The lowest BCUT2D eigenvalue weighted by Crippen LogP contribution is -1.96. The van der Waals surface area contributed by atoms with Crippen molar-refractivity contribution in [2.24, 2.45) is 10.2 Å². The quantitative estimate of drug-likeness (QED) is 0.430. The summed E-state index contributed by atoms with van der Waals surface area (Å²) < 4.78 is 0. The molecule has 0 radical (unpaired) electrons. The zero-order valence-corrected chi connectivity index (χ0v) is 7.72. The molecule has 0 aromatic carbocycles. The summed E-state index contributed by atoms with van der Waals surface area (Å²) in [5, 5.41) is 22.1. The summed E-state index contributed by atoms with van der Waals surface area (Å²) in [4.78, 5) is 14.6. The summed E-state index contributed by atoms with van der Waals surface area (Å²) in [6.45, 7) is 2.64. The third-order valence-corrected chi connectivity index (χ3v) is 1.32. The Balaban J connectivity index is 2.86. The number of allylic oxidation sites excluding steroid dienone is 2. The third kappa shape index (κ3) is 2.47. The largest absolute Gasteiger partial charge is 0.510 e. The van der Waals surface area contributed by atoms with E-state index in [1.54, 1.807) is 0 Å². The number of aliphatic hydroxyl groups excluding tert-OH is 1. The van der Waals surface area contributed by atoms with Crippen molar-refractivity contribution in [2.75, 3.05) is 0 Å². The molecule has 0 saturated carbocycles. The van der Waals surface area contributed by atoms with E-state index in [0.717, 1.165) is 0 Å². The van der Waals surface area contributed by atoms with Gasteiger partial charge in [0.05, 0.1) is 0 Å². The number of Topliss-reactive ketones (excluding diaryl/α,β-unsaturated/α-hetero) is 1. The molecule has 1 aromatic heterocycles. The predicted molar refractivity (Wildman–Crippen MR) is 46.9 cm³/mol. The molecule has 14 heavy (non-hydrogen) atoms. The van der Waals surface area contributed by atoms with Crippen LogP contribution in [0.25, 0.3) is 0 Å². The molecule has 7 heteroatoms. The van der Waals surface area contributed by atoms with Crippen LogP contribution in [0, 0.1) is 0 Å². The van der Waals surface area contributed by atoms with E-state index in [-0.39, 0.29) is 23.2 Å². The molecule has 0 saturated heterocycles. The third-order valence-electron chi connectivity index (χ3n) is 1.32. The predicted octanol–water partition coefficient (Wildman–Crippen LogP) is 1.27. The summed E-state index contributed by atoms with van der Waals surface area (Å²) in [7, 11) is 0. The van der Waals surface area contributed by atoms with Crippen molar-refractivity contribution in [3.05, 3.63) is 17.8 Å². The van der Waals surface area contributed by atoms with E-state index in [4.69, 9.17) is 5.11 Å². The molecule has 0 spiro atoms. The molecule has 1 rings (SSSR count). The molecule has 0 unspecified atom stereocenters. The van der Waals surface area contributed by atoms with E-state index < -0.39 is 0 Å². The van der Waals surface area contributed by atoms with Crippen molar-refractivity contribution in [2.45, 2.75) is 13.8 Å². The fourth-order valence-corrected chi connectivity index (χ4v) is 0.742. The van der Waals surface area contributed by atoms with Crippen molar-refractivity contribution in [3.63, 3.8) is 0 Å². The molecule has 1 heterocycles. The van der Waals surface area contributed by atoms with Crippen LogP contribution >= 0.6 is 0 Å². The second-order valence-electron chi connectivity index (χ2n) is 2.50. The molecular weight excluding hydrogens is 186 g/mol. The van der Waals surface area contributed by atoms with Gasteiger partial charge in [0.2, 0.25) is 0 Å². The number of hydrogen-bond acceptors (Lipinski definition) is 6. The number of nitrogens with zero attached hydrogens (tertiary/aromatic N) is 4. The van der Waals surface area contributed by atoms with Crippen molar-refractivity contribution < 1.29 is 9.90 Å². The summed E-state index contributed by atoms with van der Waals surface area (Å²) in [5.41, 5.74) is -0.0959. The number of azo groups is 1. The average molecular weight is 195 g/mol. The Hall–Kier alpha value is -2.05. The highest BCUT2D eigenvalue weighted by Crippen LogP contribution is 2.08. The molecule has 0 bridgehead atoms. The van der Waals surface area contributed by atoms with Crippen LogP contribution in [0.3, 0.4) is 0 Å². The Kier molecular flexibility index (Phi) is 3.05. The molecule has 0 aliphatic heterocycles. The number of H-pyrrole nitrogens is 1. The molecule has 7 nitrogen and oxygen atoms in total. The van der Waals surface area contributed by atoms with E-state index in [0.29, 0.717) is 0 Å². The van der Waals surface area contributed by atoms with Crippen LogP contribution in [-0.2, 0) is 4.79 Å². The van der Waals surface area contributed by atoms with Crippen molar-refractivity contribution in [3.8, 4) is 0 Å². The normalized spacial score (nSPS) is 13.0. The van der Waals surface area contributed by atoms with Gasteiger partial charge in [0.25, 0.3) is 5.95 Å². The van der Waals surface area contributed by atoms with Gasteiger partial charge in [-0.05, 0) is 6.92 Å². The Morgan fingerprint density at radius 1 is 1.57 bits per heavy atom. The van der Waals surface area contributed by atoms with Crippen LogP contribution in [0.5, 0.6) is 0 Å². The zero-order valence-electron chi connectivity index (χ0n) is 7.72. The maximum atomic E-state index is 10.9. The number of aromatic nitrogens is 3. The molecule has 0 amide bonds. The highest BCUT2D eigenvalue weighted by molar-refractivity contribution is 5.93. The highest BCUT2D eigenvalue weighted by atomic mass is 16.3. The van der Waals surface area contributed by atoms with Crippen molar-refractivity contribution in [1.29, 1.82) is 0 Å². The molecule has 0 aliphatic rings. The fraction of sp³-hybridized carbons (Fsp3) is 0.286. The monoisotopic (exact) mass is 195 g/mol. The summed E-state index contributed by atoms with van der Waals surface area (Å²) in [6.07, 6.45) is 1.26. The van der Waals surface area contributed by atoms with Gasteiger partial charge in [0.15, 0.2) is 11.5 Å². The number of hydrogen-bond donors (Lipinski definition) is 2. The van der Waals surface area contributed by atoms with Gasteiger partial charge in [-0.2, -0.15) is 10.1 Å². The first-order valence-electron chi connectivity index (χ1n) is 3.79. The van der Waals surface area contributed by atoms with E-state index >= 15 is 0 Å². The minimum absolute atomic E-state index is 0.0959. The smallest absolute Gasteiger partial charge is 0.264 e. The Labute approximate surface area is 79.6 Å². The fourth-order valence-electron chi connectivity index (χ4n) is 0.742. The standard InChI is InChI=1S/C7H9N5O2/c1-4(13)6(5(2)14)10-12-7-8-3-9-11-7/h3,13H,1-2H3,(H,8,9,11). The molecule has 0 fully saturated rings. The first-order chi connectivity index (χ1) is 6.61.